The summed E-state index contributed by atoms with van der Waals surface area (Å²) in [7, 11) is -4.06. The molecule has 0 aliphatic heterocycles. The molecular formula is C23H20Cl2N2O5S. The molecule has 10 heteroatoms. The summed E-state index contributed by atoms with van der Waals surface area (Å²) in [5, 5.41) is 2.68. The lowest BCUT2D eigenvalue weighted by molar-refractivity contribution is 0.0526. The van der Waals surface area contributed by atoms with E-state index >= 15 is 0 Å². The number of rotatable bonds is 7. The van der Waals surface area contributed by atoms with Gasteiger partial charge in [0.2, 0.25) is 0 Å². The van der Waals surface area contributed by atoms with Gasteiger partial charge in [-0.1, -0.05) is 35.3 Å². The monoisotopic (exact) mass is 506 g/mol. The number of aryl methyl sites for hydroxylation is 1. The summed E-state index contributed by atoms with van der Waals surface area (Å²) >= 11 is 12.3. The van der Waals surface area contributed by atoms with Gasteiger partial charge in [0.1, 0.15) is 4.90 Å². The first-order valence-electron chi connectivity index (χ1n) is 9.78. The van der Waals surface area contributed by atoms with Crippen LogP contribution < -0.4 is 10.0 Å². The molecule has 0 saturated carbocycles. The number of esters is 1. The molecule has 3 rings (SSSR count). The van der Waals surface area contributed by atoms with E-state index in [0.717, 1.165) is 5.56 Å². The van der Waals surface area contributed by atoms with E-state index in [9.17, 15) is 18.0 Å². The van der Waals surface area contributed by atoms with Gasteiger partial charge < -0.3 is 10.1 Å². The van der Waals surface area contributed by atoms with Gasteiger partial charge in [0.15, 0.2) is 0 Å². The van der Waals surface area contributed by atoms with Crippen LogP contribution >= 0.6 is 23.2 Å². The number of carbonyl (C=O) groups excluding carboxylic acids is 2. The molecule has 0 fully saturated rings. The maximum Gasteiger partial charge on any atom is 0.338 e. The van der Waals surface area contributed by atoms with Gasteiger partial charge in [0, 0.05) is 11.3 Å². The fourth-order valence-electron chi connectivity index (χ4n) is 2.92. The van der Waals surface area contributed by atoms with Crippen LogP contribution in [0.25, 0.3) is 0 Å². The average molecular weight is 507 g/mol. The molecule has 0 atom stereocenters. The van der Waals surface area contributed by atoms with Crippen LogP contribution in [-0.4, -0.2) is 26.9 Å². The molecular weight excluding hydrogens is 487 g/mol. The predicted octanol–water partition coefficient (Wildman–Crippen LogP) is 5.53. The van der Waals surface area contributed by atoms with E-state index in [4.69, 9.17) is 27.9 Å². The summed E-state index contributed by atoms with van der Waals surface area (Å²) in [6.07, 6.45) is 0. The molecule has 0 bridgehead atoms. The summed E-state index contributed by atoms with van der Waals surface area (Å²) < 4.78 is 33.1. The third kappa shape index (κ3) is 6.04. The summed E-state index contributed by atoms with van der Waals surface area (Å²) in [6.45, 7) is 3.74. The molecule has 0 heterocycles. The molecule has 33 heavy (non-hydrogen) atoms. The fourth-order valence-corrected chi connectivity index (χ4v) is 4.73. The van der Waals surface area contributed by atoms with Crippen LogP contribution in [0.3, 0.4) is 0 Å². The number of nitrogens with one attached hydrogen (secondary N) is 2. The zero-order valence-electron chi connectivity index (χ0n) is 17.7. The lowest BCUT2D eigenvalue weighted by Crippen LogP contribution is -2.17. The number of carbonyl (C=O) groups is 2. The van der Waals surface area contributed by atoms with Crippen LogP contribution in [0, 0.1) is 6.92 Å². The number of sulfonamides is 1. The SMILES string of the molecule is CCOC(=O)c1ccc(NC(=O)c2ccc(Cl)c(S(=O)(=O)Nc3cccc(C)c3)c2)c(Cl)c1. The van der Waals surface area contributed by atoms with Crippen molar-refractivity contribution >= 4 is 56.5 Å². The van der Waals surface area contributed by atoms with Crippen molar-refractivity contribution in [2.45, 2.75) is 18.7 Å². The standard InChI is InChI=1S/C23H20Cl2N2O5S/c1-3-32-23(29)16-8-10-20(19(25)12-16)26-22(28)15-7-9-18(24)21(13-15)33(30,31)27-17-6-4-5-14(2)11-17/h4-13,27H,3H2,1-2H3,(H,26,28). The molecule has 172 valence electrons. The van der Waals surface area contributed by atoms with Crippen LogP contribution in [0.5, 0.6) is 0 Å². The van der Waals surface area contributed by atoms with Crippen LogP contribution in [0.4, 0.5) is 11.4 Å². The summed E-state index contributed by atoms with van der Waals surface area (Å²) in [4.78, 5) is 24.3. The minimum atomic E-state index is -4.06. The highest BCUT2D eigenvalue weighted by molar-refractivity contribution is 7.92. The van der Waals surface area contributed by atoms with Gasteiger partial charge in [-0.25, -0.2) is 13.2 Å². The van der Waals surface area contributed by atoms with Crippen LogP contribution in [0.1, 0.15) is 33.2 Å². The second-order valence-electron chi connectivity index (χ2n) is 6.99. The third-order valence-electron chi connectivity index (χ3n) is 4.48. The number of amides is 1. The smallest absolute Gasteiger partial charge is 0.338 e. The largest absolute Gasteiger partial charge is 0.462 e. The Labute approximate surface area is 201 Å². The van der Waals surface area contributed by atoms with Gasteiger partial charge in [-0.3, -0.25) is 9.52 Å². The zero-order chi connectivity index (χ0) is 24.2. The highest BCUT2D eigenvalue weighted by atomic mass is 35.5. The Bertz CT molecular complexity index is 1330. The molecule has 0 aliphatic carbocycles. The topological polar surface area (TPSA) is 102 Å². The van der Waals surface area contributed by atoms with Crippen molar-refractivity contribution in [1.29, 1.82) is 0 Å². The lowest BCUT2D eigenvalue weighted by Gasteiger charge is -2.12. The first kappa shape index (κ1) is 24.6. The van der Waals surface area contributed by atoms with E-state index in [1.807, 2.05) is 13.0 Å². The van der Waals surface area contributed by atoms with E-state index < -0.39 is 21.9 Å². The summed E-state index contributed by atoms with van der Waals surface area (Å²) in [6, 6.07) is 15.0. The predicted molar refractivity (Wildman–Crippen MR) is 129 cm³/mol. The van der Waals surface area contributed by atoms with E-state index in [2.05, 4.69) is 10.0 Å². The molecule has 3 aromatic rings. The van der Waals surface area contributed by atoms with Crippen LogP contribution in [0.15, 0.2) is 65.6 Å². The number of hydrogen-bond donors (Lipinski definition) is 2. The van der Waals surface area contributed by atoms with Crippen molar-refractivity contribution in [3.05, 3.63) is 87.4 Å². The molecule has 3 aromatic carbocycles. The Kier molecular flexibility index (Phi) is 7.63. The molecule has 2 N–H and O–H groups in total. The van der Waals surface area contributed by atoms with Gasteiger partial charge in [0.25, 0.3) is 15.9 Å². The first-order valence-corrected chi connectivity index (χ1v) is 12.0. The van der Waals surface area contributed by atoms with Crippen LogP contribution in [-0.2, 0) is 14.8 Å². The van der Waals surface area contributed by atoms with Gasteiger partial charge in [-0.15, -0.1) is 0 Å². The molecule has 0 radical (unpaired) electrons. The first-order chi connectivity index (χ1) is 15.6. The van der Waals surface area contributed by atoms with E-state index in [1.54, 1.807) is 25.1 Å². The molecule has 0 aliphatic rings. The Balaban J connectivity index is 1.84. The zero-order valence-corrected chi connectivity index (χ0v) is 20.0. The van der Waals surface area contributed by atoms with Crippen molar-refractivity contribution in [3.8, 4) is 0 Å². The van der Waals surface area contributed by atoms with Crippen LogP contribution in [0.2, 0.25) is 10.0 Å². The normalized spacial score (nSPS) is 11.0. The second-order valence-corrected chi connectivity index (χ2v) is 9.45. The fraction of sp³-hybridized carbons (Fsp3) is 0.130. The summed E-state index contributed by atoms with van der Waals surface area (Å²) in [5.74, 6) is -1.14. The Morgan fingerprint density at radius 1 is 0.939 bits per heavy atom. The van der Waals surface area contributed by atoms with Gasteiger partial charge >= 0.3 is 5.97 Å². The quantitative estimate of drug-likeness (QED) is 0.410. The van der Waals surface area contributed by atoms with E-state index in [0.29, 0.717) is 5.69 Å². The minimum Gasteiger partial charge on any atom is -0.462 e. The third-order valence-corrected chi connectivity index (χ3v) is 6.66. The van der Waals surface area contributed by atoms with Gasteiger partial charge in [0.05, 0.1) is 27.9 Å². The van der Waals surface area contributed by atoms with Crippen molar-refractivity contribution in [2.24, 2.45) is 0 Å². The average Bonchev–Trinajstić information content (AvgIpc) is 2.75. The molecule has 0 aromatic heterocycles. The van der Waals surface area contributed by atoms with Crippen molar-refractivity contribution in [3.63, 3.8) is 0 Å². The Morgan fingerprint density at radius 2 is 1.67 bits per heavy atom. The molecule has 1 amide bonds. The maximum absolute atomic E-state index is 12.9. The highest BCUT2D eigenvalue weighted by Gasteiger charge is 2.21. The number of anilines is 2. The van der Waals surface area contributed by atoms with Crippen molar-refractivity contribution < 1.29 is 22.7 Å². The maximum atomic E-state index is 12.9. The van der Waals surface area contributed by atoms with E-state index in [-0.39, 0.29) is 38.4 Å². The lowest BCUT2D eigenvalue weighted by atomic mass is 10.2. The van der Waals surface area contributed by atoms with Gasteiger partial charge in [-0.05, 0) is 67.9 Å². The summed E-state index contributed by atoms with van der Waals surface area (Å²) in [5.41, 5.74) is 1.78. The second kappa shape index (κ2) is 10.2. The number of ether oxygens (including phenoxy) is 1. The molecule has 7 nitrogen and oxygen atoms in total. The molecule has 0 unspecified atom stereocenters. The minimum absolute atomic E-state index is 0.0384. The Morgan fingerprint density at radius 3 is 2.33 bits per heavy atom. The van der Waals surface area contributed by atoms with Crippen molar-refractivity contribution in [1.82, 2.24) is 0 Å². The molecule has 0 spiro atoms. The van der Waals surface area contributed by atoms with Gasteiger partial charge in [-0.2, -0.15) is 0 Å². The number of halogens is 2. The van der Waals surface area contributed by atoms with E-state index in [1.165, 1.54) is 36.4 Å². The molecule has 0 saturated heterocycles. The number of benzene rings is 3. The Hall–Kier alpha value is -3.07. The number of hydrogen-bond acceptors (Lipinski definition) is 5. The highest BCUT2D eigenvalue weighted by Crippen LogP contribution is 2.27. The van der Waals surface area contributed by atoms with Crippen molar-refractivity contribution in [2.75, 3.05) is 16.6 Å².